The lowest BCUT2D eigenvalue weighted by molar-refractivity contribution is -0.0500. The zero-order chi connectivity index (χ0) is 22.0. The fourth-order valence-electron chi connectivity index (χ4n) is 3.06. The molecule has 0 aromatic heterocycles. The van der Waals surface area contributed by atoms with Crippen LogP contribution in [0.15, 0.2) is 84.9 Å². The number of hydrogen-bond acceptors (Lipinski definition) is 5. The molecule has 0 spiro atoms. The van der Waals surface area contributed by atoms with E-state index in [2.05, 4.69) is 4.18 Å². The number of rotatable bonds is 6. The highest BCUT2D eigenvalue weighted by Gasteiger charge is 2.48. The second kappa shape index (κ2) is 8.10. The summed E-state index contributed by atoms with van der Waals surface area (Å²) in [4.78, 5) is 0. The molecule has 0 radical (unpaired) electrons. The first-order valence-corrected chi connectivity index (χ1v) is 10.2. The lowest BCUT2D eigenvalue weighted by atomic mass is 9.78. The molecule has 0 saturated carbocycles. The molecule has 3 rings (SSSR count). The average molecular weight is 437 g/mol. The highest BCUT2D eigenvalue weighted by atomic mass is 32.2. The van der Waals surface area contributed by atoms with E-state index in [0.29, 0.717) is 16.7 Å². The van der Waals surface area contributed by atoms with Crippen LogP contribution in [0, 0.1) is 0 Å². The summed E-state index contributed by atoms with van der Waals surface area (Å²) in [5.74, 6) is -0.522. The van der Waals surface area contributed by atoms with Crippen LogP contribution in [-0.2, 0) is 15.7 Å². The molecule has 0 unspecified atom stereocenters. The van der Waals surface area contributed by atoms with E-state index in [-0.39, 0.29) is 0 Å². The Morgan fingerprint density at radius 1 is 0.800 bits per heavy atom. The van der Waals surface area contributed by atoms with Crippen LogP contribution in [0.3, 0.4) is 0 Å². The maximum absolute atomic E-state index is 12.5. The van der Waals surface area contributed by atoms with E-state index in [4.69, 9.17) is 5.73 Å². The van der Waals surface area contributed by atoms with Crippen LogP contribution < -0.4 is 9.92 Å². The molecule has 3 aromatic rings. The number of benzene rings is 3. The van der Waals surface area contributed by atoms with Crippen molar-refractivity contribution in [3.05, 3.63) is 102 Å². The molecule has 0 fully saturated rings. The normalized spacial score (nSPS) is 13.6. The Morgan fingerprint density at radius 3 is 1.63 bits per heavy atom. The van der Waals surface area contributed by atoms with Gasteiger partial charge in [-0.05, 0) is 28.8 Å². The molecule has 9 heteroatoms. The fourth-order valence-corrected chi connectivity index (χ4v) is 3.52. The molecule has 3 N–H and O–H groups in total. The standard InChI is InChI=1S/C21H18F3NO4S/c22-21(23,24)30(27,28)29-18-13-11-15(12-14-18)19(25)20(26,16-7-3-1-4-8-16)17-9-5-2-6-10-17/h1-14,19,26H,25H2/t19-/m1/s1. The van der Waals surface area contributed by atoms with Gasteiger partial charge in [0.1, 0.15) is 11.4 Å². The van der Waals surface area contributed by atoms with Crippen LogP contribution in [0.5, 0.6) is 5.75 Å². The SMILES string of the molecule is N[C@H](c1ccc(OS(=O)(=O)C(F)(F)F)cc1)C(O)(c1ccccc1)c1ccccc1. The minimum atomic E-state index is -5.78. The summed E-state index contributed by atoms with van der Waals surface area (Å²) < 4.78 is 63.9. The van der Waals surface area contributed by atoms with Crippen molar-refractivity contribution in [1.82, 2.24) is 0 Å². The Bertz CT molecular complexity index is 1050. The van der Waals surface area contributed by atoms with Crippen molar-refractivity contribution in [3.8, 4) is 5.75 Å². The van der Waals surface area contributed by atoms with E-state index in [1.165, 1.54) is 12.1 Å². The van der Waals surface area contributed by atoms with Crippen LogP contribution in [0.1, 0.15) is 22.7 Å². The molecule has 0 aliphatic heterocycles. The number of alkyl halides is 3. The smallest absolute Gasteiger partial charge is 0.378 e. The van der Waals surface area contributed by atoms with Crippen molar-refractivity contribution in [1.29, 1.82) is 0 Å². The van der Waals surface area contributed by atoms with E-state index in [1.807, 2.05) is 0 Å². The van der Waals surface area contributed by atoms with E-state index < -0.39 is 33.0 Å². The average Bonchev–Trinajstić information content (AvgIpc) is 2.73. The van der Waals surface area contributed by atoms with Crippen LogP contribution in [0.2, 0.25) is 0 Å². The van der Waals surface area contributed by atoms with Crippen molar-refractivity contribution in [2.75, 3.05) is 0 Å². The van der Waals surface area contributed by atoms with Crippen molar-refractivity contribution in [3.63, 3.8) is 0 Å². The van der Waals surface area contributed by atoms with Crippen molar-refractivity contribution in [2.45, 2.75) is 17.2 Å². The molecule has 0 amide bonds. The summed E-state index contributed by atoms with van der Waals surface area (Å²) in [6.07, 6.45) is 0. The topological polar surface area (TPSA) is 89.6 Å². The van der Waals surface area contributed by atoms with Gasteiger partial charge in [0.2, 0.25) is 0 Å². The monoisotopic (exact) mass is 437 g/mol. The number of hydrogen-bond donors (Lipinski definition) is 2. The Kier molecular flexibility index (Phi) is 5.89. The van der Waals surface area contributed by atoms with E-state index in [1.54, 1.807) is 60.7 Å². The summed E-state index contributed by atoms with van der Waals surface area (Å²) in [6.45, 7) is 0. The van der Waals surface area contributed by atoms with Crippen molar-refractivity contribution < 1.29 is 30.9 Å². The summed E-state index contributed by atoms with van der Waals surface area (Å²) in [5, 5.41) is 11.6. The first-order valence-electron chi connectivity index (χ1n) is 8.75. The van der Waals surface area contributed by atoms with Gasteiger partial charge in [-0.1, -0.05) is 72.8 Å². The predicted molar refractivity (Wildman–Crippen MR) is 105 cm³/mol. The quantitative estimate of drug-likeness (QED) is 0.452. The Balaban J connectivity index is 1.98. The van der Waals surface area contributed by atoms with Crippen LogP contribution in [-0.4, -0.2) is 19.0 Å². The number of halogens is 3. The van der Waals surface area contributed by atoms with Gasteiger partial charge in [0.25, 0.3) is 0 Å². The predicted octanol–water partition coefficient (Wildman–Crippen LogP) is 3.85. The molecule has 5 nitrogen and oxygen atoms in total. The summed E-state index contributed by atoms with van der Waals surface area (Å²) >= 11 is 0. The minimum absolute atomic E-state index is 0.363. The molecule has 1 atom stereocenters. The highest BCUT2D eigenvalue weighted by Crippen LogP contribution is 2.40. The van der Waals surface area contributed by atoms with Gasteiger partial charge < -0.3 is 15.0 Å². The van der Waals surface area contributed by atoms with Crippen LogP contribution in [0.4, 0.5) is 13.2 Å². The fraction of sp³-hybridized carbons (Fsp3) is 0.143. The lowest BCUT2D eigenvalue weighted by Crippen LogP contribution is -2.39. The first kappa shape index (κ1) is 21.8. The molecule has 0 bridgehead atoms. The lowest BCUT2D eigenvalue weighted by Gasteiger charge is -2.35. The molecular weight excluding hydrogens is 419 g/mol. The third-order valence-electron chi connectivity index (χ3n) is 4.61. The molecule has 0 heterocycles. The molecule has 0 aliphatic carbocycles. The second-order valence-electron chi connectivity index (χ2n) is 6.53. The van der Waals surface area contributed by atoms with Gasteiger partial charge in [-0.3, -0.25) is 0 Å². The first-order chi connectivity index (χ1) is 14.1. The van der Waals surface area contributed by atoms with Gasteiger partial charge in [-0.15, -0.1) is 0 Å². The van der Waals surface area contributed by atoms with Crippen LogP contribution >= 0.6 is 0 Å². The Labute approximate surface area is 171 Å². The third kappa shape index (κ3) is 4.18. The van der Waals surface area contributed by atoms with Gasteiger partial charge in [0.15, 0.2) is 0 Å². The third-order valence-corrected chi connectivity index (χ3v) is 5.59. The molecule has 158 valence electrons. The second-order valence-corrected chi connectivity index (χ2v) is 8.07. The number of nitrogens with two attached hydrogens (primary N) is 1. The Hall–Kier alpha value is -2.88. The van der Waals surface area contributed by atoms with Gasteiger partial charge in [-0.2, -0.15) is 21.6 Å². The van der Waals surface area contributed by atoms with Gasteiger partial charge in [0.05, 0.1) is 6.04 Å². The van der Waals surface area contributed by atoms with E-state index in [0.717, 1.165) is 12.1 Å². The maximum Gasteiger partial charge on any atom is 0.534 e. The van der Waals surface area contributed by atoms with E-state index >= 15 is 0 Å². The molecule has 3 aromatic carbocycles. The van der Waals surface area contributed by atoms with Crippen LogP contribution in [0.25, 0.3) is 0 Å². The van der Waals surface area contributed by atoms with Gasteiger partial charge in [-0.25, -0.2) is 0 Å². The molecular formula is C21H18F3NO4S. The maximum atomic E-state index is 12.5. The van der Waals surface area contributed by atoms with Crippen molar-refractivity contribution in [2.24, 2.45) is 5.73 Å². The summed E-state index contributed by atoms with van der Waals surface area (Å²) in [6, 6.07) is 21.1. The van der Waals surface area contributed by atoms with Gasteiger partial charge >= 0.3 is 15.6 Å². The summed E-state index contributed by atoms with van der Waals surface area (Å²) in [5.41, 5.74) is 0.604. The van der Waals surface area contributed by atoms with Crippen molar-refractivity contribution >= 4 is 10.1 Å². The minimum Gasteiger partial charge on any atom is -0.378 e. The largest absolute Gasteiger partial charge is 0.534 e. The molecule has 0 aliphatic rings. The zero-order valence-corrected chi connectivity index (χ0v) is 16.3. The summed E-state index contributed by atoms with van der Waals surface area (Å²) in [7, 11) is -5.78. The van der Waals surface area contributed by atoms with Gasteiger partial charge in [0, 0.05) is 0 Å². The number of aliphatic hydroxyl groups is 1. The highest BCUT2D eigenvalue weighted by molar-refractivity contribution is 7.88. The van der Waals surface area contributed by atoms with E-state index in [9.17, 15) is 26.7 Å². The Morgan fingerprint density at radius 2 is 1.23 bits per heavy atom. The zero-order valence-electron chi connectivity index (χ0n) is 15.5. The molecule has 0 saturated heterocycles. The molecule has 30 heavy (non-hydrogen) atoms.